The third-order valence-corrected chi connectivity index (χ3v) is 4.50. The number of hydrogen-bond donors (Lipinski definition) is 0. The molecule has 0 amide bonds. The lowest BCUT2D eigenvalue weighted by atomic mass is 10.0. The van der Waals surface area contributed by atoms with Crippen molar-refractivity contribution in [1.29, 1.82) is 0 Å². The third kappa shape index (κ3) is 3.07. The lowest BCUT2D eigenvalue weighted by molar-refractivity contribution is -0.137. The molecule has 2 unspecified atom stereocenters. The quantitative estimate of drug-likeness (QED) is 0.708. The van der Waals surface area contributed by atoms with E-state index in [1.807, 2.05) is 4.90 Å². The van der Waals surface area contributed by atoms with Crippen molar-refractivity contribution in [3.05, 3.63) is 29.3 Å². The van der Waals surface area contributed by atoms with Gasteiger partial charge in [0, 0.05) is 24.1 Å². The van der Waals surface area contributed by atoms with Gasteiger partial charge < -0.3 is 4.90 Å². The molecule has 2 atom stereocenters. The summed E-state index contributed by atoms with van der Waals surface area (Å²) in [6.07, 6.45) is -4.30. The Hall–Kier alpha value is -0.710. The van der Waals surface area contributed by atoms with E-state index in [4.69, 9.17) is 0 Å². The summed E-state index contributed by atoms with van der Waals surface area (Å²) in [6.45, 7) is 5.56. The van der Waals surface area contributed by atoms with Crippen molar-refractivity contribution in [3.8, 4) is 0 Å². The number of halogens is 4. The van der Waals surface area contributed by atoms with Crippen LogP contribution in [0.2, 0.25) is 0 Å². The van der Waals surface area contributed by atoms with Gasteiger partial charge in [-0.1, -0.05) is 35.8 Å². The van der Waals surface area contributed by atoms with Gasteiger partial charge in [0.05, 0.1) is 5.56 Å². The van der Waals surface area contributed by atoms with E-state index in [0.717, 1.165) is 0 Å². The molecule has 1 aromatic rings. The largest absolute Gasteiger partial charge is 0.418 e. The molecule has 1 aliphatic heterocycles. The zero-order valence-corrected chi connectivity index (χ0v) is 12.6. The standard InChI is InChI=1S/C14H17BrF3N/c1-9-7-19(8-10(9)2)13-4-3-11(6-15)5-12(13)14(16,17)18/h3-5,9-10H,6-8H2,1-2H3. The Morgan fingerprint density at radius 3 is 2.26 bits per heavy atom. The van der Waals surface area contributed by atoms with Gasteiger partial charge in [0.2, 0.25) is 0 Å². The molecule has 1 nitrogen and oxygen atoms in total. The van der Waals surface area contributed by atoms with Gasteiger partial charge in [-0.2, -0.15) is 13.2 Å². The molecule has 0 radical (unpaired) electrons. The maximum atomic E-state index is 13.2. The fourth-order valence-electron chi connectivity index (χ4n) is 2.50. The van der Waals surface area contributed by atoms with Gasteiger partial charge in [-0.15, -0.1) is 0 Å². The van der Waals surface area contributed by atoms with Crippen LogP contribution in [0, 0.1) is 11.8 Å². The molecule has 0 saturated carbocycles. The second-order valence-electron chi connectivity index (χ2n) is 5.34. The monoisotopic (exact) mass is 335 g/mol. The number of alkyl halides is 4. The SMILES string of the molecule is CC1CN(c2ccc(CBr)cc2C(F)(F)F)CC1C. The summed E-state index contributed by atoms with van der Waals surface area (Å²) in [4.78, 5) is 1.86. The fraction of sp³-hybridized carbons (Fsp3) is 0.571. The van der Waals surface area contributed by atoms with Crippen molar-refractivity contribution in [2.75, 3.05) is 18.0 Å². The highest BCUT2D eigenvalue weighted by Gasteiger charge is 2.37. The Balaban J connectivity index is 2.40. The number of rotatable bonds is 2. The Labute approximate surface area is 119 Å². The van der Waals surface area contributed by atoms with Gasteiger partial charge in [-0.25, -0.2) is 0 Å². The van der Waals surface area contributed by atoms with Crippen LogP contribution in [0.1, 0.15) is 25.0 Å². The van der Waals surface area contributed by atoms with Gasteiger partial charge >= 0.3 is 6.18 Å². The summed E-state index contributed by atoms with van der Waals surface area (Å²) >= 11 is 3.20. The summed E-state index contributed by atoms with van der Waals surface area (Å²) in [5, 5.41) is 0.434. The van der Waals surface area contributed by atoms with Crippen molar-refractivity contribution in [1.82, 2.24) is 0 Å². The van der Waals surface area contributed by atoms with Crippen molar-refractivity contribution < 1.29 is 13.2 Å². The molecular formula is C14H17BrF3N. The first-order valence-electron chi connectivity index (χ1n) is 6.34. The summed E-state index contributed by atoms with van der Waals surface area (Å²) < 4.78 is 39.5. The minimum absolute atomic E-state index is 0.313. The summed E-state index contributed by atoms with van der Waals surface area (Å²) in [5.74, 6) is 0.855. The highest BCUT2D eigenvalue weighted by molar-refractivity contribution is 9.08. The van der Waals surface area contributed by atoms with Crippen LogP contribution in [-0.4, -0.2) is 13.1 Å². The number of nitrogens with zero attached hydrogens (tertiary/aromatic N) is 1. The lowest BCUT2D eigenvalue weighted by Crippen LogP contribution is -2.23. The van der Waals surface area contributed by atoms with Gasteiger partial charge in [0.25, 0.3) is 0 Å². The molecule has 0 aromatic heterocycles. The van der Waals surface area contributed by atoms with Gasteiger partial charge in [0.15, 0.2) is 0 Å². The second-order valence-corrected chi connectivity index (χ2v) is 5.90. The van der Waals surface area contributed by atoms with E-state index < -0.39 is 11.7 Å². The topological polar surface area (TPSA) is 3.24 Å². The van der Waals surface area contributed by atoms with E-state index in [-0.39, 0.29) is 0 Å². The van der Waals surface area contributed by atoms with E-state index in [1.54, 1.807) is 12.1 Å². The van der Waals surface area contributed by atoms with Gasteiger partial charge in [-0.05, 0) is 29.5 Å². The van der Waals surface area contributed by atoms with E-state index >= 15 is 0 Å². The van der Waals surface area contributed by atoms with Gasteiger partial charge in [0.1, 0.15) is 0 Å². The molecule has 0 bridgehead atoms. The number of benzene rings is 1. The Morgan fingerprint density at radius 1 is 1.21 bits per heavy atom. The molecule has 1 fully saturated rings. The first kappa shape index (κ1) is 14.7. The van der Waals surface area contributed by atoms with Crippen LogP contribution in [0.15, 0.2) is 18.2 Å². The molecule has 1 heterocycles. The summed E-state index contributed by atoms with van der Waals surface area (Å²) in [6, 6.07) is 4.61. The van der Waals surface area contributed by atoms with E-state index in [1.165, 1.54) is 6.07 Å². The van der Waals surface area contributed by atoms with Crippen LogP contribution >= 0.6 is 15.9 Å². The minimum Gasteiger partial charge on any atom is -0.370 e. The zero-order chi connectivity index (χ0) is 14.2. The van der Waals surface area contributed by atoms with Crippen LogP contribution in [0.5, 0.6) is 0 Å². The van der Waals surface area contributed by atoms with Crippen LogP contribution in [0.25, 0.3) is 0 Å². The fourth-order valence-corrected chi connectivity index (χ4v) is 2.84. The Bertz CT molecular complexity index is 448. The maximum Gasteiger partial charge on any atom is 0.418 e. The molecular weight excluding hydrogens is 319 g/mol. The first-order valence-corrected chi connectivity index (χ1v) is 7.46. The minimum atomic E-state index is -4.30. The smallest absolute Gasteiger partial charge is 0.370 e. The third-order valence-electron chi connectivity index (χ3n) is 3.85. The lowest BCUT2D eigenvalue weighted by Gasteiger charge is -2.23. The van der Waals surface area contributed by atoms with E-state index in [2.05, 4.69) is 29.8 Å². The molecule has 0 aliphatic carbocycles. The van der Waals surface area contributed by atoms with Crippen molar-refractivity contribution in [2.24, 2.45) is 11.8 Å². The normalized spacial score (nSPS) is 24.0. The molecule has 2 rings (SSSR count). The summed E-state index contributed by atoms with van der Waals surface area (Å²) in [7, 11) is 0. The Kier molecular flexibility index (Phi) is 4.14. The van der Waals surface area contributed by atoms with Crippen LogP contribution in [0.4, 0.5) is 18.9 Å². The highest BCUT2D eigenvalue weighted by Crippen LogP contribution is 2.39. The molecule has 106 valence electrons. The predicted octanol–water partition coefficient (Wildman–Crippen LogP) is 4.69. The molecule has 1 aliphatic rings. The van der Waals surface area contributed by atoms with Crippen LogP contribution in [0.3, 0.4) is 0 Å². The average Bonchev–Trinajstić information content (AvgIpc) is 2.67. The van der Waals surface area contributed by atoms with Gasteiger partial charge in [-0.3, -0.25) is 0 Å². The molecule has 1 aromatic carbocycles. The average molecular weight is 336 g/mol. The first-order chi connectivity index (χ1) is 8.82. The highest BCUT2D eigenvalue weighted by atomic mass is 79.9. The molecule has 1 saturated heterocycles. The number of anilines is 1. The molecule has 19 heavy (non-hydrogen) atoms. The Morgan fingerprint density at radius 2 is 1.79 bits per heavy atom. The van der Waals surface area contributed by atoms with Crippen LogP contribution < -0.4 is 4.90 Å². The second kappa shape index (κ2) is 5.35. The van der Waals surface area contributed by atoms with E-state index in [0.29, 0.717) is 41.5 Å². The molecule has 5 heteroatoms. The summed E-state index contributed by atoms with van der Waals surface area (Å²) in [5.41, 5.74) is 0.440. The molecule has 0 N–H and O–H groups in total. The van der Waals surface area contributed by atoms with Crippen molar-refractivity contribution >= 4 is 21.6 Å². The van der Waals surface area contributed by atoms with Crippen molar-refractivity contribution in [3.63, 3.8) is 0 Å². The predicted molar refractivity (Wildman–Crippen MR) is 74.6 cm³/mol. The van der Waals surface area contributed by atoms with Crippen LogP contribution in [-0.2, 0) is 11.5 Å². The zero-order valence-electron chi connectivity index (χ0n) is 11.0. The van der Waals surface area contributed by atoms with Crippen molar-refractivity contribution in [2.45, 2.75) is 25.4 Å². The maximum absolute atomic E-state index is 13.2. The van der Waals surface area contributed by atoms with E-state index in [9.17, 15) is 13.2 Å². The number of hydrogen-bond acceptors (Lipinski definition) is 1. The molecule has 0 spiro atoms.